The number of hydrogen-bond donors (Lipinski definition) is 0. The Labute approximate surface area is 124 Å². The lowest BCUT2D eigenvalue weighted by Gasteiger charge is -2.19. The van der Waals surface area contributed by atoms with Crippen LogP contribution in [0, 0.1) is 5.82 Å². The van der Waals surface area contributed by atoms with E-state index in [4.69, 9.17) is 0 Å². The Balaban J connectivity index is 1.65. The average Bonchev–Trinajstić information content (AvgIpc) is 2.73. The average molecular weight is 295 g/mol. The van der Waals surface area contributed by atoms with Gasteiger partial charge in [-0.1, -0.05) is 12.8 Å². The van der Waals surface area contributed by atoms with Crippen LogP contribution < -0.4 is 0 Å². The Bertz CT molecular complexity index is 413. The van der Waals surface area contributed by atoms with Crippen LogP contribution in [0.3, 0.4) is 0 Å². The molecule has 1 aliphatic heterocycles. The third-order valence-corrected chi connectivity index (χ3v) is 4.59. The fourth-order valence-electron chi connectivity index (χ4n) is 2.44. The number of thioether (sulfide) groups is 1. The summed E-state index contributed by atoms with van der Waals surface area (Å²) in [5, 5.41) is 0. The van der Waals surface area contributed by atoms with E-state index < -0.39 is 0 Å². The molecule has 1 heterocycles. The van der Waals surface area contributed by atoms with Gasteiger partial charge in [-0.05, 0) is 50.2 Å². The largest absolute Gasteiger partial charge is 0.303 e. The van der Waals surface area contributed by atoms with Gasteiger partial charge in [0.1, 0.15) is 5.82 Å². The second kappa shape index (κ2) is 8.42. The predicted octanol–water partition coefficient (Wildman–Crippen LogP) is 3.62. The normalized spacial score (nSPS) is 16.9. The molecule has 1 aliphatic rings. The predicted molar refractivity (Wildman–Crippen MR) is 83.0 cm³/mol. The molecular formula is C16H22FNOS. The second-order valence-electron chi connectivity index (χ2n) is 5.24. The summed E-state index contributed by atoms with van der Waals surface area (Å²) in [5.41, 5.74) is 0.605. The third-order valence-electron chi connectivity index (χ3n) is 3.65. The van der Waals surface area contributed by atoms with Crippen LogP contribution in [0.4, 0.5) is 4.39 Å². The van der Waals surface area contributed by atoms with Gasteiger partial charge in [0.05, 0.1) is 5.75 Å². The van der Waals surface area contributed by atoms with E-state index in [-0.39, 0.29) is 11.6 Å². The monoisotopic (exact) mass is 295 g/mol. The van der Waals surface area contributed by atoms with E-state index in [0.717, 1.165) is 12.3 Å². The number of hydrogen-bond acceptors (Lipinski definition) is 3. The van der Waals surface area contributed by atoms with Gasteiger partial charge in [-0.15, -0.1) is 0 Å². The zero-order valence-electron chi connectivity index (χ0n) is 11.8. The molecule has 1 fully saturated rings. The van der Waals surface area contributed by atoms with E-state index in [0.29, 0.717) is 11.3 Å². The van der Waals surface area contributed by atoms with Gasteiger partial charge in [-0.2, -0.15) is 11.8 Å². The molecule has 1 aromatic rings. The summed E-state index contributed by atoms with van der Waals surface area (Å²) >= 11 is 1.68. The Morgan fingerprint density at radius 1 is 1.10 bits per heavy atom. The number of nitrogens with zero attached hydrogens (tertiary/aromatic N) is 1. The smallest absolute Gasteiger partial charge is 0.172 e. The summed E-state index contributed by atoms with van der Waals surface area (Å²) in [5.74, 6) is 1.27. The Morgan fingerprint density at radius 2 is 1.75 bits per heavy atom. The van der Waals surface area contributed by atoms with Crippen molar-refractivity contribution in [3.63, 3.8) is 0 Å². The van der Waals surface area contributed by atoms with Gasteiger partial charge in [0, 0.05) is 17.9 Å². The van der Waals surface area contributed by atoms with Crippen LogP contribution in [0.2, 0.25) is 0 Å². The minimum absolute atomic E-state index is 0.0888. The van der Waals surface area contributed by atoms with Gasteiger partial charge < -0.3 is 4.90 Å². The van der Waals surface area contributed by atoms with Crippen LogP contribution in [0.1, 0.15) is 36.0 Å². The second-order valence-corrected chi connectivity index (χ2v) is 6.34. The van der Waals surface area contributed by atoms with Crippen LogP contribution in [0.5, 0.6) is 0 Å². The number of ketones is 1. The fraction of sp³-hybridized carbons (Fsp3) is 0.562. The van der Waals surface area contributed by atoms with Crippen LogP contribution in [0.25, 0.3) is 0 Å². The topological polar surface area (TPSA) is 20.3 Å². The van der Waals surface area contributed by atoms with Crippen molar-refractivity contribution in [2.24, 2.45) is 0 Å². The summed E-state index contributed by atoms with van der Waals surface area (Å²) in [7, 11) is 0. The summed E-state index contributed by atoms with van der Waals surface area (Å²) in [4.78, 5) is 14.4. The molecule has 0 saturated carbocycles. The lowest BCUT2D eigenvalue weighted by molar-refractivity contribution is 0.102. The van der Waals surface area contributed by atoms with Crippen LogP contribution in [0.15, 0.2) is 24.3 Å². The maximum absolute atomic E-state index is 12.8. The molecule has 4 heteroatoms. The van der Waals surface area contributed by atoms with Crippen molar-refractivity contribution in [1.82, 2.24) is 4.90 Å². The molecule has 0 N–H and O–H groups in total. The van der Waals surface area contributed by atoms with Crippen LogP contribution in [-0.2, 0) is 0 Å². The van der Waals surface area contributed by atoms with Gasteiger partial charge in [-0.3, -0.25) is 4.79 Å². The molecule has 1 aromatic carbocycles. The lowest BCUT2D eigenvalue weighted by atomic mass is 10.1. The molecule has 110 valence electrons. The molecule has 0 aromatic heterocycles. The van der Waals surface area contributed by atoms with Gasteiger partial charge in [0.15, 0.2) is 5.78 Å². The summed E-state index contributed by atoms with van der Waals surface area (Å²) in [6.07, 6.45) is 5.32. The van der Waals surface area contributed by atoms with Crippen molar-refractivity contribution < 1.29 is 9.18 Å². The van der Waals surface area contributed by atoms with Crippen LogP contribution >= 0.6 is 11.8 Å². The first-order valence-corrected chi connectivity index (χ1v) is 8.50. The van der Waals surface area contributed by atoms with E-state index >= 15 is 0 Å². The Hall–Kier alpha value is -0.870. The number of Topliss-reactive ketones (excluding diaryl/α,β-unsaturated/α-hetero) is 1. The van der Waals surface area contributed by atoms with Gasteiger partial charge >= 0.3 is 0 Å². The molecule has 0 radical (unpaired) electrons. The maximum Gasteiger partial charge on any atom is 0.172 e. The summed E-state index contributed by atoms with van der Waals surface area (Å²) in [6.45, 7) is 3.47. The third kappa shape index (κ3) is 5.25. The molecule has 0 atom stereocenters. The fourth-order valence-corrected chi connectivity index (χ4v) is 3.32. The number of rotatable bonds is 6. The molecule has 0 amide bonds. The van der Waals surface area contributed by atoms with Gasteiger partial charge in [-0.25, -0.2) is 4.39 Å². The molecular weight excluding hydrogens is 273 g/mol. The van der Waals surface area contributed by atoms with E-state index in [1.54, 1.807) is 23.9 Å². The Kier molecular flexibility index (Phi) is 6.54. The first-order valence-electron chi connectivity index (χ1n) is 7.34. The van der Waals surface area contributed by atoms with Crippen molar-refractivity contribution in [1.29, 1.82) is 0 Å². The quantitative estimate of drug-likeness (QED) is 0.590. The van der Waals surface area contributed by atoms with E-state index in [2.05, 4.69) is 4.90 Å². The zero-order valence-corrected chi connectivity index (χ0v) is 12.6. The standard InChI is InChI=1S/C16H22FNOS/c17-15-7-5-14(6-8-15)16(19)13-20-12-11-18-9-3-1-2-4-10-18/h5-8H,1-4,9-13H2. The number of halogens is 1. The van der Waals surface area contributed by atoms with E-state index in [9.17, 15) is 9.18 Å². The van der Waals surface area contributed by atoms with Crippen molar-refractivity contribution in [3.05, 3.63) is 35.6 Å². The molecule has 0 spiro atoms. The highest BCUT2D eigenvalue weighted by atomic mass is 32.2. The maximum atomic E-state index is 12.8. The molecule has 2 nitrogen and oxygen atoms in total. The number of benzene rings is 1. The molecule has 0 unspecified atom stereocenters. The number of carbonyl (C=O) groups is 1. The highest BCUT2D eigenvalue weighted by molar-refractivity contribution is 8.00. The molecule has 1 saturated heterocycles. The molecule has 20 heavy (non-hydrogen) atoms. The first kappa shape index (κ1) is 15.5. The zero-order chi connectivity index (χ0) is 14.2. The van der Waals surface area contributed by atoms with E-state index in [1.165, 1.54) is 50.9 Å². The highest BCUT2D eigenvalue weighted by Crippen LogP contribution is 2.12. The minimum atomic E-state index is -0.296. The van der Waals surface area contributed by atoms with E-state index in [1.807, 2.05) is 0 Å². The Morgan fingerprint density at radius 3 is 2.40 bits per heavy atom. The number of likely N-dealkylation sites (tertiary alicyclic amines) is 1. The number of carbonyl (C=O) groups excluding carboxylic acids is 1. The molecule has 0 bridgehead atoms. The SMILES string of the molecule is O=C(CSCCN1CCCCCC1)c1ccc(F)cc1. The molecule has 0 aliphatic carbocycles. The molecule has 2 rings (SSSR count). The summed E-state index contributed by atoms with van der Waals surface area (Å²) < 4.78 is 12.8. The lowest BCUT2D eigenvalue weighted by Crippen LogP contribution is -2.27. The van der Waals surface area contributed by atoms with Gasteiger partial charge in [0.2, 0.25) is 0 Å². The van der Waals surface area contributed by atoms with Crippen molar-refractivity contribution in [2.75, 3.05) is 31.1 Å². The van der Waals surface area contributed by atoms with Crippen molar-refractivity contribution in [2.45, 2.75) is 25.7 Å². The van der Waals surface area contributed by atoms with Crippen LogP contribution in [-0.4, -0.2) is 41.8 Å². The first-order chi connectivity index (χ1) is 9.75. The minimum Gasteiger partial charge on any atom is -0.303 e. The summed E-state index contributed by atoms with van der Waals surface area (Å²) in [6, 6.07) is 5.81. The van der Waals surface area contributed by atoms with Gasteiger partial charge in [0.25, 0.3) is 0 Å². The van der Waals surface area contributed by atoms with Crippen molar-refractivity contribution in [3.8, 4) is 0 Å². The highest BCUT2D eigenvalue weighted by Gasteiger charge is 2.10. The van der Waals surface area contributed by atoms with Crippen molar-refractivity contribution >= 4 is 17.5 Å².